The van der Waals surface area contributed by atoms with Crippen LogP contribution in [0.3, 0.4) is 0 Å². The third kappa shape index (κ3) is 2.57. The lowest BCUT2D eigenvalue weighted by molar-refractivity contribution is 0.582. The van der Waals surface area contributed by atoms with Crippen LogP contribution in [0.4, 0.5) is 10.2 Å². The lowest BCUT2D eigenvalue weighted by Gasteiger charge is -2.28. The number of halogens is 1. The summed E-state index contributed by atoms with van der Waals surface area (Å²) in [6.07, 6.45) is 0. The van der Waals surface area contributed by atoms with Gasteiger partial charge in [-0.15, -0.1) is 10.2 Å². The number of nitrogens with one attached hydrogen (secondary N) is 1. The minimum Gasteiger partial charge on any atom is -0.354 e. The first kappa shape index (κ1) is 12.4. The minimum absolute atomic E-state index is 0.293. The van der Waals surface area contributed by atoms with Crippen molar-refractivity contribution in [3.05, 3.63) is 23.0 Å². The fraction of sp³-hybridized carbons (Fsp3) is 0.417. The molecule has 5 nitrogen and oxygen atoms in total. The van der Waals surface area contributed by atoms with Crippen LogP contribution in [-0.4, -0.2) is 41.4 Å². The number of rotatable bonds is 2. The van der Waals surface area contributed by atoms with Crippen LogP contribution in [-0.2, 0) is 0 Å². The summed E-state index contributed by atoms with van der Waals surface area (Å²) in [6, 6.07) is 3.18. The van der Waals surface area contributed by atoms with Gasteiger partial charge < -0.3 is 10.2 Å². The summed E-state index contributed by atoms with van der Waals surface area (Å²) < 4.78 is 13.9. The van der Waals surface area contributed by atoms with Crippen LogP contribution in [0.5, 0.6) is 0 Å². The van der Waals surface area contributed by atoms with E-state index in [1.54, 1.807) is 6.07 Å². The van der Waals surface area contributed by atoms with Crippen molar-refractivity contribution < 1.29 is 4.39 Å². The Kier molecular flexibility index (Phi) is 3.39. The third-order valence-electron chi connectivity index (χ3n) is 3.00. The van der Waals surface area contributed by atoms with Gasteiger partial charge in [-0.05, 0) is 19.1 Å². The summed E-state index contributed by atoms with van der Waals surface area (Å²) in [7, 11) is 0. The van der Waals surface area contributed by atoms with E-state index < -0.39 is 0 Å². The Hall–Kier alpha value is -1.60. The van der Waals surface area contributed by atoms with Crippen molar-refractivity contribution >= 4 is 17.2 Å². The molecule has 100 valence electrons. The van der Waals surface area contributed by atoms with Gasteiger partial charge in [-0.3, -0.25) is 0 Å². The zero-order valence-electron chi connectivity index (χ0n) is 10.6. The Morgan fingerprint density at radius 2 is 2.05 bits per heavy atom. The normalized spacial score (nSPS) is 15.8. The zero-order valence-corrected chi connectivity index (χ0v) is 11.4. The van der Waals surface area contributed by atoms with Gasteiger partial charge in [0.2, 0.25) is 0 Å². The highest BCUT2D eigenvalue weighted by Crippen LogP contribution is 2.26. The van der Waals surface area contributed by atoms with Crippen molar-refractivity contribution in [1.82, 2.24) is 20.5 Å². The minimum atomic E-state index is -0.352. The first-order chi connectivity index (χ1) is 9.24. The van der Waals surface area contributed by atoms with Crippen LogP contribution in [0, 0.1) is 12.7 Å². The second-order valence-corrected chi connectivity index (χ2v) is 5.54. The van der Waals surface area contributed by atoms with E-state index in [0.29, 0.717) is 10.7 Å². The molecule has 0 spiro atoms. The highest BCUT2D eigenvalue weighted by molar-refractivity contribution is 7.14. The van der Waals surface area contributed by atoms with Crippen LogP contribution in [0.1, 0.15) is 5.01 Å². The number of anilines is 1. The molecule has 0 radical (unpaired) electrons. The van der Waals surface area contributed by atoms with Gasteiger partial charge in [0, 0.05) is 26.2 Å². The van der Waals surface area contributed by atoms with Crippen molar-refractivity contribution in [1.29, 1.82) is 0 Å². The fourth-order valence-corrected chi connectivity index (χ4v) is 2.73. The summed E-state index contributed by atoms with van der Waals surface area (Å²) in [4.78, 5) is 6.56. The second-order valence-electron chi connectivity index (χ2n) is 4.36. The van der Waals surface area contributed by atoms with Gasteiger partial charge in [-0.1, -0.05) is 11.3 Å². The molecule has 3 heterocycles. The standard InChI is InChI=1S/C12H14FN5S/c1-8-16-17-12(19-8)11-9(13)2-3-10(15-11)18-6-4-14-5-7-18/h2-3,14H,4-7H2,1H3. The van der Waals surface area contributed by atoms with E-state index >= 15 is 0 Å². The molecule has 0 atom stereocenters. The van der Waals surface area contributed by atoms with Crippen molar-refractivity contribution in [2.45, 2.75) is 6.92 Å². The topological polar surface area (TPSA) is 53.9 Å². The average Bonchev–Trinajstić information content (AvgIpc) is 2.87. The molecular weight excluding hydrogens is 265 g/mol. The summed E-state index contributed by atoms with van der Waals surface area (Å²) in [5.74, 6) is 0.445. The van der Waals surface area contributed by atoms with Gasteiger partial charge in [-0.2, -0.15) is 0 Å². The number of pyridine rings is 1. The van der Waals surface area contributed by atoms with Crippen molar-refractivity contribution in [2.75, 3.05) is 31.1 Å². The molecular formula is C12H14FN5S. The Balaban J connectivity index is 1.95. The van der Waals surface area contributed by atoms with E-state index in [4.69, 9.17) is 0 Å². The van der Waals surface area contributed by atoms with Crippen LogP contribution in [0.2, 0.25) is 0 Å². The van der Waals surface area contributed by atoms with E-state index in [-0.39, 0.29) is 5.82 Å². The molecule has 0 unspecified atom stereocenters. The van der Waals surface area contributed by atoms with Crippen LogP contribution in [0.15, 0.2) is 12.1 Å². The number of hydrogen-bond donors (Lipinski definition) is 1. The largest absolute Gasteiger partial charge is 0.354 e. The van der Waals surface area contributed by atoms with E-state index in [9.17, 15) is 4.39 Å². The molecule has 1 aliphatic rings. The van der Waals surface area contributed by atoms with Crippen molar-refractivity contribution in [2.24, 2.45) is 0 Å². The van der Waals surface area contributed by atoms with Gasteiger partial charge in [0.15, 0.2) is 10.8 Å². The number of hydrogen-bond acceptors (Lipinski definition) is 6. The lowest BCUT2D eigenvalue weighted by Crippen LogP contribution is -2.43. The molecule has 3 rings (SSSR count). The highest BCUT2D eigenvalue weighted by atomic mass is 32.1. The molecule has 0 bridgehead atoms. The molecule has 1 saturated heterocycles. The Labute approximate surface area is 114 Å². The maximum Gasteiger partial charge on any atom is 0.169 e. The molecule has 2 aromatic rings. The third-order valence-corrected chi connectivity index (χ3v) is 3.85. The number of aromatic nitrogens is 3. The predicted molar refractivity (Wildman–Crippen MR) is 72.9 cm³/mol. The van der Waals surface area contributed by atoms with E-state index in [1.165, 1.54) is 17.4 Å². The first-order valence-electron chi connectivity index (χ1n) is 6.17. The van der Waals surface area contributed by atoms with E-state index in [1.807, 2.05) is 6.92 Å². The monoisotopic (exact) mass is 279 g/mol. The van der Waals surface area contributed by atoms with Crippen LogP contribution >= 0.6 is 11.3 Å². The summed E-state index contributed by atoms with van der Waals surface area (Å²) in [5.41, 5.74) is 0.293. The molecule has 19 heavy (non-hydrogen) atoms. The molecule has 0 aliphatic carbocycles. The highest BCUT2D eigenvalue weighted by Gasteiger charge is 2.17. The second kappa shape index (κ2) is 5.18. The Morgan fingerprint density at radius 1 is 1.26 bits per heavy atom. The van der Waals surface area contributed by atoms with Crippen LogP contribution in [0.25, 0.3) is 10.7 Å². The molecule has 0 saturated carbocycles. The number of piperazine rings is 1. The zero-order chi connectivity index (χ0) is 13.2. The Bertz CT molecular complexity index is 579. The van der Waals surface area contributed by atoms with Gasteiger partial charge in [0.25, 0.3) is 0 Å². The van der Waals surface area contributed by atoms with Crippen molar-refractivity contribution in [3.63, 3.8) is 0 Å². The summed E-state index contributed by atoms with van der Waals surface area (Å²) in [6.45, 7) is 5.46. The SMILES string of the molecule is Cc1nnc(-c2nc(N3CCNCC3)ccc2F)s1. The van der Waals surface area contributed by atoms with Gasteiger partial charge in [0.05, 0.1) is 0 Å². The molecule has 1 N–H and O–H groups in total. The number of nitrogens with zero attached hydrogens (tertiary/aromatic N) is 4. The molecule has 1 aliphatic heterocycles. The quantitative estimate of drug-likeness (QED) is 0.902. The fourth-order valence-electron chi connectivity index (χ4n) is 2.04. The van der Waals surface area contributed by atoms with Gasteiger partial charge in [0.1, 0.15) is 16.5 Å². The summed E-state index contributed by atoms with van der Waals surface area (Å²) in [5, 5.41) is 12.5. The first-order valence-corrected chi connectivity index (χ1v) is 6.98. The van der Waals surface area contributed by atoms with Crippen molar-refractivity contribution in [3.8, 4) is 10.7 Å². The molecule has 7 heteroatoms. The van der Waals surface area contributed by atoms with Crippen LogP contribution < -0.4 is 10.2 Å². The lowest BCUT2D eigenvalue weighted by atomic mass is 10.3. The molecule has 0 amide bonds. The smallest absolute Gasteiger partial charge is 0.169 e. The molecule has 0 aromatic carbocycles. The van der Waals surface area contributed by atoms with Gasteiger partial charge in [-0.25, -0.2) is 9.37 Å². The molecule has 1 fully saturated rings. The Morgan fingerprint density at radius 3 is 2.74 bits per heavy atom. The van der Waals surface area contributed by atoms with E-state index in [2.05, 4.69) is 25.4 Å². The maximum absolute atomic E-state index is 13.9. The van der Waals surface area contributed by atoms with E-state index in [0.717, 1.165) is 37.0 Å². The summed E-state index contributed by atoms with van der Waals surface area (Å²) >= 11 is 1.35. The average molecular weight is 279 g/mol. The number of aryl methyl sites for hydroxylation is 1. The predicted octanol–water partition coefficient (Wildman–Crippen LogP) is 1.46. The molecule has 2 aromatic heterocycles. The maximum atomic E-state index is 13.9. The van der Waals surface area contributed by atoms with Gasteiger partial charge >= 0.3 is 0 Å².